The molecule has 0 aromatic heterocycles. The Hall–Kier alpha value is -1.84. The third-order valence-corrected chi connectivity index (χ3v) is 7.85. The first-order valence-electron chi connectivity index (χ1n) is 16.0. The second kappa shape index (κ2) is 23.1. The fraction of sp³-hybridized carbons (Fsp3) is 0.765. The fourth-order valence-corrected chi connectivity index (χ4v) is 4.97. The van der Waals surface area contributed by atoms with E-state index in [1.54, 1.807) is 24.3 Å². The molecule has 2 atom stereocenters. The van der Waals surface area contributed by atoms with Crippen molar-refractivity contribution >= 4 is 11.9 Å². The van der Waals surface area contributed by atoms with Crippen molar-refractivity contribution in [2.45, 2.75) is 143 Å². The Kier molecular flexibility index (Phi) is 20.8. The first-order chi connectivity index (χ1) is 18.6. The maximum atomic E-state index is 12.9. The number of ether oxygens (including phenoxy) is 2. The number of unbranched alkanes of at least 4 members (excludes halogenated alkanes) is 12. The van der Waals surface area contributed by atoms with E-state index in [-0.39, 0.29) is 0 Å². The summed E-state index contributed by atoms with van der Waals surface area (Å²) in [5.74, 6) is -0.118. The number of carbonyl (C=O) groups is 2. The molecule has 1 aromatic carbocycles. The first-order valence-corrected chi connectivity index (χ1v) is 16.0. The smallest absolute Gasteiger partial charge is 0.339 e. The van der Waals surface area contributed by atoms with E-state index in [0.717, 1.165) is 25.7 Å². The molecule has 218 valence electrons. The highest BCUT2D eigenvalue weighted by atomic mass is 16.5. The van der Waals surface area contributed by atoms with Crippen LogP contribution in [0.5, 0.6) is 0 Å². The Morgan fingerprint density at radius 2 is 0.895 bits per heavy atom. The van der Waals surface area contributed by atoms with Gasteiger partial charge in [-0.05, 0) is 36.8 Å². The van der Waals surface area contributed by atoms with Crippen molar-refractivity contribution in [3.63, 3.8) is 0 Å². The zero-order valence-corrected chi connectivity index (χ0v) is 25.2. The molecule has 0 aliphatic carbocycles. The normalized spacial score (nSPS) is 12.7. The van der Waals surface area contributed by atoms with Gasteiger partial charge in [0.25, 0.3) is 0 Å². The van der Waals surface area contributed by atoms with Gasteiger partial charge in [-0.2, -0.15) is 0 Å². The van der Waals surface area contributed by atoms with Crippen molar-refractivity contribution in [3.8, 4) is 0 Å². The van der Waals surface area contributed by atoms with Gasteiger partial charge in [0.15, 0.2) is 0 Å². The second-order valence-corrected chi connectivity index (χ2v) is 11.1. The fourth-order valence-electron chi connectivity index (χ4n) is 4.97. The molecule has 0 fully saturated rings. The topological polar surface area (TPSA) is 52.6 Å². The highest BCUT2D eigenvalue weighted by molar-refractivity contribution is 6.03. The van der Waals surface area contributed by atoms with Crippen molar-refractivity contribution < 1.29 is 19.1 Å². The summed E-state index contributed by atoms with van der Waals surface area (Å²) in [6, 6.07) is 6.90. The molecular formula is C34H58O4. The van der Waals surface area contributed by atoms with Crippen LogP contribution in [0.3, 0.4) is 0 Å². The molecule has 0 unspecified atom stereocenters. The van der Waals surface area contributed by atoms with Crippen LogP contribution in [0.2, 0.25) is 0 Å². The number of rotatable bonds is 24. The maximum absolute atomic E-state index is 12.9. The Bertz CT molecular complexity index is 668. The van der Waals surface area contributed by atoms with E-state index < -0.39 is 11.9 Å². The summed E-state index contributed by atoms with van der Waals surface area (Å²) in [5, 5.41) is 0. The zero-order valence-electron chi connectivity index (χ0n) is 25.2. The quantitative estimate of drug-likeness (QED) is 0.0985. The number of esters is 2. The summed E-state index contributed by atoms with van der Waals surface area (Å²) in [6.07, 6.45) is 22.2. The van der Waals surface area contributed by atoms with Crippen LogP contribution in [0, 0.1) is 11.8 Å². The standard InChI is InChI=1S/C34H58O4/c1-5-9-11-13-15-17-19-23-29(7-3)27-37-33(35)31-25-21-22-26-32(31)34(36)38-28-30(8-4)24-20-18-16-14-12-10-6-2/h21-22,25-26,29-30H,5-20,23-24,27-28H2,1-4H3/t29-,30+. The summed E-state index contributed by atoms with van der Waals surface area (Å²) in [7, 11) is 0. The average Bonchev–Trinajstić information content (AvgIpc) is 2.94. The second-order valence-electron chi connectivity index (χ2n) is 11.1. The molecule has 0 radical (unpaired) electrons. The van der Waals surface area contributed by atoms with Crippen LogP contribution in [0.15, 0.2) is 24.3 Å². The van der Waals surface area contributed by atoms with Crippen LogP contribution in [0.1, 0.15) is 164 Å². The maximum Gasteiger partial charge on any atom is 0.339 e. The SMILES string of the molecule is CCCCCCCCC[C@@H](CC)COC(=O)c1ccccc1C(=O)OC[C@@H](CC)CCCCCCCCC. The summed E-state index contributed by atoms with van der Waals surface area (Å²) in [6.45, 7) is 9.61. The van der Waals surface area contributed by atoms with Crippen LogP contribution in [-0.2, 0) is 9.47 Å². The monoisotopic (exact) mass is 530 g/mol. The van der Waals surface area contributed by atoms with Gasteiger partial charge in [0.05, 0.1) is 24.3 Å². The van der Waals surface area contributed by atoms with E-state index in [2.05, 4.69) is 27.7 Å². The van der Waals surface area contributed by atoms with E-state index in [0.29, 0.717) is 36.2 Å². The van der Waals surface area contributed by atoms with Gasteiger partial charge >= 0.3 is 11.9 Å². The lowest BCUT2D eigenvalue weighted by Crippen LogP contribution is -2.19. The van der Waals surface area contributed by atoms with Crippen molar-refractivity contribution in [3.05, 3.63) is 35.4 Å². The zero-order chi connectivity index (χ0) is 27.8. The first kappa shape index (κ1) is 34.2. The van der Waals surface area contributed by atoms with Gasteiger partial charge in [-0.15, -0.1) is 0 Å². The van der Waals surface area contributed by atoms with Gasteiger partial charge in [-0.3, -0.25) is 0 Å². The number of hydrogen-bond acceptors (Lipinski definition) is 4. The summed E-state index contributed by atoms with van der Waals surface area (Å²) >= 11 is 0. The lowest BCUT2D eigenvalue weighted by atomic mass is 9.98. The van der Waals surface area contributed by atoms with E-state index in [4.69, 9.17) is 9.47 Å². The largest absolute Gasteiger partial charge is 0.462 e. The highest BCUT2D eigenvalue weighted by Crippen LogP contribution is 2.20. The summed E-state index contributed by atoms with van der Waals surface area (Å²) in [5.41, 5.74) is 0.617. The average molecular weight is 531 g/mol. The summed E-state index contributed by atoms with van der Waals surface area (Å²) in [4.78, 5) is 25.8. The molecule has 0 saturated heterocycles. The third kappa shape index (κ3) is 15.5. The molecule has 0 aliphatic heterocycles. The molecule has 0 amide bonds. The van der Waals surface area contributed by atoms with Gasteiger partial charge < -0.3 is 9.47 Å². The van der Waals surface area contributed by atoms with E-state index in [9.17, 15) is 9.59 Å². The van der Waals surface area contributed by atoms with Gasteiger partial charge in [0.1, 0.15) is 0 Å². The lowest BCUT2D eigenvalue weighted by molar-refractivity contribution is 0.0381. The minimum atomic E-state index is -0.425. The van der Waals surface area contributed by atoms with Crippen molar-refractivity contribution in [1.82, 2.24) is 0 Å². The van der Waals surface area contributed by atoms with E-state index in [1.165, 1.54) is 89.9 Å². The van der Waals surface area contributed by atoms with Crippen LogP contribution in [-0.4, -0.2) is 25.2 Å². The highest BCUT2D eigenvalue weighted by Gasteiger charge is 2.21. The van der Waals surface area contributed by atoms with Crippen molar-refractivity contribution in [2.24, 2.45) is 11.8 Å². The summed E-state index contributed by atoms with van der Waals surface area (Å²) < 4.78 is 11.4. The van der Waals surface area contributed by atoms with Crippen molar-refractivity contribution in [2.75, 3.05) is 13.2 Å². The minimum Gasteiger partial charge on any atom is -0.462 e. The number of carbonyl (C=O) groups excluding carboxylic acids is 2. The predicted octanol–water partition coefficient (Wildman–Crippen LogP) is 10.3. The van der Waals surface area contributed by atoms with E-state index >= 15 is 0 Å². The van der Waals surface area contributed by atoms with Crippen LogP contribution in [0.4, 0.5) is 0 Å². The number of benzene rings is 1. The molecular weight excluding hydrogens is 472 g/mol. The predicted molar refractivity (Wildman–Crippen MR) is 160 cm³/mol. The Labute approximate surface area is 234 Å². The number of hydrogen-bond donors (Lipinski definition) is 0. The van der Waals surface area contributed by atoms with Crippen LogP contribution in [0.25, 0.3) is 0 Å². The lowest BCUT2D eigenvalue weighted by Gasteiger charge is -2.17. The molecule has 1 rings (SSSR count). The van der Waals surface area contributed by atoms with Crippen molar-refractivity contribution in [1.29, 1.82) is 0 Å². The van der Waals surface area contributed by atoms with Gasteiger partial charge in [-0.25, -0.2) is 9.59 Å². The minimum absolute atomic E-state index is 0.309. The third-order valence-electron chi connectivity index (χ3n) is 7.85. The Balaban J connectivity index is 2.45. The molecule has 0 saturated carbocycles. The molecule has 38 heavy (non-hydrogen) atoms. The van der Waals surface area contributed by atoms with Crippen LogP contribution < -0.4 is 0 Å². The van der Waals surface area contributed by atoms with Crippen LogP contribution >= 0.6 is 0 Å². The Morgan fingerprint density at radius 1 is 0.553 bits per heavy atom. The van der Waals surface area contributed by atoms with Gasteiger partial charge in [0, 0.05) is 0 Å². The van der Waals surface area contributed by atoms with E-state index in [1.807, 2.05) is 0 Å². The molecule has 4 heteroatoms. The molecule has 1 aromatic rings. The molecule has 0 heterocycles. The Morgan fingerprint density at radius 3 is 1.24 bits per heavy atom. The van der Waals surface area contributed by atoms with Gasteiger partial charge in [0.2, 0.25) is 0 Å². The molecule has 0 bridgehead atoms. The molecule has 0 spiro atoms. The molecule has 4 nitrogen and oxygen atoms in total. The molecule has 0 N–H and O–H groups in total. The molecule has 0 aliphatic rings. The van der Waals surface area contributed by atoms with Gasteiger partial charge in [-0.1, -0.05) is 143 Å².